The van der Waals surface area contributed by atoms with Crippen LogP contribution in [0.2, 0.25) is 0 Å². The Morgan fingerprint density at radius 1 is 1.10 bits per heavy atom. The zero-order valence-electron chi connectivity index (χ0n) is 11.2. The lowest BCUT2D eigenvalue weighted by Gasteiger charge is -2.09. The van der Waals surface area contributed by atoms with E-state index in [1.54, 1.807) is 12.3 Å². The summed E-state index contributed by atoms with van der Waals surface area (Å²) in [5.41, 5.74) is 3.52. The first kappa shape index (κ1) is 12.6. The number of halogens is 1. The highest BCUT2D eigenvalue weighted by Crippen LogP contribution is 2.18. The number of rotatable bonds is 3. The minimum Gasteiger partial charge on any atom is -0.379 e. The van der Waals surface area contributed by atoms with Crippen LogP contribution in [0.25, 0.3) is 10.9 Å². The van der Waals surface area contributed by atoms with Crippen LogP contribution in [-0.2, 0) is 6.54 Å². The van der Waals surface area contributed by atoms with Crippen molar-refractivity contribution in [3.63, 3.8) is 0 Å². The number of anilines is 1. The van der Waals surface area contributed by atoms with Crippen molar-refractivity contribution in [3.8, 4) is 0 Å². The van der Waals surface area contributed by atoms with Gasteiger partial charge in [0.1, 0.15) is 5.82 Å². The van der Waals surface area contributed by atoms with Gasteiger partial charge in [-0.3, -0.25) is 4.98 Å². The highest BCUT2D eigenvalue weighted by molar-refractivity contribution is 5.78. The molecule has 0 saturated carbocycles. The van der Waals surface area contributed by atoms with Crippen LogP contribution in [0.1, 0.15) is 11.1 Å². The van der Waals surface area contributed by atoms with Gasteiger partial charge in [-0.2, -0.15) is 0 Å². The lowest BCUT2D eigenvalue weighted by atomic mass is 10.1. The molecule has 0 unspecified atom stereocenters. The molecule has 100 valence electrons. The fraction of sp³-hybridized carbons (Fsp3) is 0.118. The highest BCUT2D eigenvalue weighted by Gasteiger charge is 2.02. The van der Waals surface area contributed by atoms with Crippen molar-refractivity contribution in [2.45, 2.75) is 13.5 Å². The van der Waals surface area contributed by atoms with Crippen LogP contribution >= 0.6 is 0 Å². The smallest absolute Gasteiger partial charge is 0.146 e. The van der Waals surface area contributed by atoms with Crippen molar-refractivity contribution in [1.29, 1.82) is 0 Å². The molecule has 0 bridgehead atoms. The Kier molecular flexibility index (Phi) is 3.33. The fourth-order valence-corrected chi connectivity index (χ4v) is 2.20. The second kappa shape index (κ2) is 5.29. The average molecular weight is 266 g/mol. The molecule has 0 amide bonds. The molecule has 2 aromatic carbocycles. The molecule has 0 atom stereocenters. The molecule has 2 nitrogen and oxygen atoms in total. The van der Waals surface area contributed by atoms with E-state index in [1.807, 2.05) is 37.3 Å². The minimum absolute atomic E-state index is 0.215. The fourth-order valence-electron chi connectivity index (χ4n) is 2.20. The van der Waals surface area contributed by atoms with Crippen LogP contribution < -0.4 is 5.32 Å². The van der Waals surface area contributed by atoms with Crippen LogP contribution in [0.4, 0.5) is 10.1 Å². The summed E-state index contributed by atoms with van der Waals surface area (Å²) < 4.78 is 13.7. The maximum Gasteiger partial charge on any atom is 0.146 e. The molecule has 3 heteroatoms. The molecule has 3 rings (SSSR count). The number of fused-ring (bicyclic) bond motifs is 1. The van der Waals surface area contributed by atoms with Gasteiger partial charge in [0, 0.05) is 18.1 Å². The molecular weight excluding hydrogens is 251 g/mol. The summed E-state index contributed by atoms with van der Waals surface area (Å²) in [5, 5.41) is 4.22. The van der Waals surface area contributed by atoms with Crippen molar-refractivity contribution < 1.29 is 4.39 Å². The van der Waals surface area contributed by atoms with Gasteiger partial charge in [0.2, 0.25) is 0 Å². The van der Waals surface area contributed by atoms with Crippen LogP contribution in [0.15, 0.2) is 54.7 Å². The molecule has 0 aliphatic carbocycles. The van der Waals surface area contributed by atoms with E-state index in [4.69, 9.17) is 0 Å². The normalized spacial score (nSPS) is 10.7. The van der Waals surface area contributed by atoms with Crippen molar-refractivity contribution in [3.05, 3.63) is 71.7 Å². The number of aryl methyl sites for hydroxylation is 1. The summed E-state index contributed by atoms with van der Waals surface area (Å²) in [6.07, 6.45) is 1.78. The lowest BCUT2D eigenvalue weighted by molar-refractivity contribution is 0.629. The number of aromatic nitrogens is 1. The van der Waals surface area contributed by atoms with E-state index in [9.17, 15) is 4.39 Å². The Morgan fingerprint density at radius 3 is 2.85 bits per heavy atom. The Morgan fingerprint density at radius 2 is 2.00 bits per heavy atom. The zero-order chi connectivity index (χ0) is 13.9. The summed E-state index contributed by atoms with van der Waals surface area (Å²) in [4.78, 5) is 4.28. The van der Waals surface area contributed by atoms with E-state index >= 15 is 0 Å². The first-order valence-corrected chi connectivity index (χ1v) is 6.56. The Labute approximate surface area is 117 Å². The van der Waals surface area contributed by atoms with Gasteiger partial charge in [-0.1, -0.05) is 18.2 Å². The average Bonchev–Trinajstić information content (AvgIpc) is 2.46. The van der Waals surface area contributed by atoms with E-state index in [0.29, 0.717) is 12.2 Å². The van der Waals surface area contributed by atoms with Crippen LogP contribution in [0.3, 0.4) is 0 Å². The number of hydrogen-bond acceptors (Lipinski definition) is 2. The third-order valence-electron chi connectivity index (χ3n) is 3.27. The van der Waals surface area contributed by atoms with Gasteiger partial charge in [0.05, 0.1) is 11.2 Å². The molecule has 0 fully saturated rings. The van der Waals surface area contributed by atoms with E-state index in [1.165, 1.54) is 6.07 Å². The van der Waals surface area contributed by atoms with Gasteiger partial charge >= 0.3 is 0 Å². The topological polar surface area (TPSA) is 24.9 Å². The van der Waals surface area contributed by atoms with E-state index in [-0.39, 0.29) is 5.82 Å². The minimum atomic E-state index is -0.215. The summed E-state index contributed by atoms with van der Waals surface area (Å²) in [5.74, 6) is -0.215. The number of nitrogens with one attached hydrogen (secondary N) is 1. The SMILES string of the molecule is Cc1ccc(NCc2ccc3ncccc3c2)c(F)c1. The highest BCUT2D eigenvalue weighted by atomic mass is 19.1. The van der Waals surface area contributed by atoms with Crippen molar-refractivity contribution in [2.24, 2.45) is 0 Å². The van der Waals surface area contributed by atoms with Crippen LogP contribution in [0, 0.1) is 12.7 Å². The Bertz CT molecular complexity index is 753. The predicted molar refractivity (Wildman–Crippen MR) is 80.2 cm³/mol. The molecule has 0 aliphatic heterocycles. The standard InChI is InChI=1S/C17H15FN2/c1-12-4-6-17(15(18)9-12)20-11-13-5-7-16-14(10-13)3-2-8-19-16/h2-10,20H,11H2,1H3. The van der Waals surface area contributed by atoms with Crippen molar-refractivity contribution >= 4 is 16.6 Å². The van der Waals surface area contributed by atoms with Crippen molar-refractivity contribution in [1.82, 2.24) is 4.98 Å². The maximum atomic E-state index is 13.7. The molecular formula is C17H15FN2. The van der Waals surface area contributed by atoms with Gasteiger partial charge in [0.25, 0.3) is 0 Å². The van der Waals surface area contributed by atoms with Crippen molar-refractivity contribution in [2.75, 3.05) is 5.32 Å². The number of pyridine rings is 1. The Hall–Kier alpha value is -2.42. The molecule has 20 heavy (non-hydrogen) atoms. The molecule has 0 radical (unpaired) electrons. The lowest BCUT2D eigenvalue weighted by Crippen LogP contribution is -2.01. The van der Waals surface area contributed by atoms with E-state index in [0.717, 1.165) is 22.0 Å². The molecule has 0 aliphatic rings. The number of nitrogens with zero attached hydrogens (tertiary/aromatic N) is 1. The summed E-state index contributed by atoms with van der Waals surface area (Å²) in [6, 6.07) is 15.2. The third kappa shape index (κ3) is 2.62. The molecule has 0 spiro atoms. The van der Waals surface area contributed by atoms with Gasteiger partial charge in [0.15, 0.2) is 0 Å². The molecule has 3 aromatic rings. The second-order valence-electron chi connectivity index (χ2n) is 4.87. The predicted octanol–water partition coefficient (Wildman–Crippen LogP) is 4.29. The third-order valence-corrected chi connectivity index (χ3v) is 3.27. The maximum absolute atomic E-state index is 13.7. The monoisotopic (exact) mass is 266 g/mol. The number of benzene rings is 2. The van der Waals surface area contributed by atoms with E-state index in [2.05, 4.69) is 16.4 Å². The van der Waals surface area contributed by atoms with E-state index < -0.39 is 0 Å². The Balaban J connectivity index is 1.79. The molecule has 0 saturated heterocycles. The quantitative estimate of drug-likeness (QED) is 0.764. The first-order valence-electron chi connectivity index (χ1n) is 6.56. The molecule has 1 aromatic heterocycles. The second-order valence-corrected chi connectivity index (χ2v) is 4.87. The molecule has 1 heterocycles. The zero-order valence-corrected chi connectivity index (χ0v) is 11.2. The van der Waals surface area contributed by atoms with Gasteiger partial charge in [-0.15, -0.1) is 0 Å². The largest absolute Gasteiger partial charge is 0.379 e. The van der Waals surface area contributed by atoms with Gasteiger partial charge in [-0.25, -0.2) is 4.39 Å². The van der Waals surface area contributed by atoms with Crippen LogP contribution in [0.5, 0.6) is 0 Å². The summed E-state index contributed by atoms with van der Waals surface area (Å²) in [6.45, 7) is 2.47. The van der Waals surface area contributed by atoms with Gasteiger partial charge < -0.3 is 5.32 Å². The summed E-state index contributed by atoms with van der Waals surface area (Å²) >= 11 is 0. The number of hydrogen-bond donors (Lipinski definition) is 1. The summed E-state index contributed by atoms with van der Waals surface area (Å²) in [7, 11) is 0. The first-order chi connectivity index (χ1) is 9.72. The molecule has 1 N–H and O–H groups in total. The van der Waals surface area contributed by atoms with Crippen LogP contribution in [-0.4, -0.2) is 4.98 Å². The van der Waals surface area contributed by atoms with Gasteiger partial charge in [-0.05, 0) is 48.4 Å².